The molecular formula is C9H7F2NO4. The second kappa shape index (κ2) is 4.65. The zero-order chi connectivity index (χ0) is 12.3. The van der Waals surface area contributed by atoms with Crippen LogP contribution in [0.1, 0.15) is 5.56 Å². The normalized spacial score (nSPS) is 9.94. The number of nitro benzene ring substituents is 1. The van der Waals surface area contributed by atoms with E-state index in [-0.39, 0.29) is 0 Å². The lowest BCUT2D eigenvalue weighted by molar-refractivity contribution is -0.385. The molecule has 0 saturated heterocycles. The summed E-state index contributed by atoms with van der Waals surface area (Å²) in [7, 11) is 1.07. The monoisotopic (exact) mass is 231 g/mol. The maximum atomic E-state index is 13.2. The van der Waals surface area contributed by atoms with Crippen molar-refractivity contribution in [3.05, 3.63) is 39.4 Å². The lowest BCUT2D eigenvalue weighted by Gasteiger charge is -2.03. The molecule has 0 fully saturated rings. The fraction of sp³-hybridized carbons (Fsp3) is 0.222. The highest BCUT2D eigenvalue weighted by atomic mass is 19.1. The molecule has 0 aliphatic carbocycles. The van der Waals surface area contributed by atoms with Crippen molar-refractivity contribution in [1.82, 2.24) is 0 Å². The van der Waals surface area contributed by atoms with Gasteiger partial charge >= 0.3 is 5.97 Å². The number of hydrogen-bond acceptors (Lipinski definition) is 4. The summed E-state index contributed by atoms with van der Waals surface area (Å²) in [6.45, 7) is 0. The Morgan fingerprint density at radius 1 is 1.44 bits per heavy atom. The first-order chi connectivity index (χ1) is 7.45. The second-order valence-electron chi connectivity index (χ2n) is 2.90. The Balaban J connectivity index is 3.12. The van der Waals surface area contributed by atoms with Gasteiger partial charge in [0.1, 0.15) is 11.6 Å². The Morgan fingerprint density at radius 2 is 1.94 bits per heavy atom. The van der Waals surface area contributed by atoms with E-state index in [4.69, 9.17) is 0 Å². The standard InChI is InChI=1S/C9H7F2NO4/c1-16-9(13)4-6-7(10)2-5(12(14)15)3-8(6)11/h2-3H,4H2,1H3. The average molecular weight is 231 g/mol. The SMILES string of the molecule is COC(=O)Cc1c(F)cc([N+](=O)[O-])cc1F. The summed E-state index contributed by atoms with van der Waals surface area (Å²) in [5.74, 6) is -3.11. The molecule has 0 aromatic heterocycles. The highest BCUT2D eigenvalue weighted by molar-refractivity contribution is 5.72. The molecule has 16 heavy (non-hydrogen) atoms. The fourth-order valence-electron chi connectivity index (χ4n) is 1.08. The van der Waals surface area contributed by atoms with Crippen LogP contribution in [0.5, 0.6) is 0 Å². The van der Waals surface area contributed by atoms with E-state index in [0.29, 0.717) is 12.1 Å². The first kappa shape index (κ1) is 12.0. The molecule has 0 heterocycles. The average Bonchev–Trinajstić information content (AvgIpc) is 2.22. The van der Waals surface area contributed by atoms with Gasteiger partial charge in [0, 0.05) is 5.56 Å². The number of ether oxygens (including phenoxy) is 1. The Labute approximate surface area is 88.8 Å². The zero-order valence-electron chi connectivity index (χ0n) is 8.20. The van der Waals surface area contributed by atoms with Crippen molar-refractivity contribution in [3.63, 3.8) is 0 Å². The Bertz CT molecular complexity index is 424. The van der Waals surface area contributed by atoms with Gasteiger partial charge in [0.2, 0.25) is 0 Å². The lowest BCUT2D eigenvalue weighted by atomic mass is 10.1. The summed E-state index contributed by atoms with van der Waals surface area (Å²) in [6.07, 6.45) is -0.605. The number of halogens is 2. The van der Waals surface area contributed by atoms with Crippen molar-refractivity contribution < 1.29 is 23.2 Å². The van der Waals surface area contributed by atoms with Crippen molar-refractivity contribution >= 4 is 11.7 Å². The molecule has 1 aromatic carbocycles. The molecule has 0 bridgehead atoms. The minimum absolute atomic E-state index is 0.544. The van der Waals surface area contributed by atoms with Crippen LogP contribution in [0.25, 0.3) is 0 Å². The number of methoxy groups -OCH3 is 1. The van der Waals surface area contributed by atoms with Crippen LogP contribution in [0.15, 0.2) is 12.1 Å². The van der Waals surface area contributed by atoms with Gasteiger partial charge in [-0.1, -0.05) is 0 Å². The number of nitrogens with zero attached hydrogens (tertiary/aromatic N) is 1. The van der Waals surface area contributed by atoms with E-state index in [1.54, 1.807) is 0 Å². The van der Waals surface area contributed by atoms with Crippen molar-refractivity contribution in [3.8, 4) is 0 Å². The van der Waals surface area contributed by atoms with Gasteiger partial charge in [-0.2, -0.15) is 0 Å². The summed E-state index contributed by atoms with van der Waals surface area (Å²) >= 11 is 0. The fourth-order valence-corrected chi connectivity index (χ4v) is 1.08. The molecule has 0 unspecified atom stereocenters. The molecule has 0 amide bonds. The Hall–Kier alpha value is -2.05. The number of hydrogen-bond donors (Lipinski definition) is 0. The summed E-state index contributed by atoms with van der Waals surface area (Å²) < 4.78 is 30.7. The lowest BCUT2D eigenvalue weighted by Crippen LogP contribution is -2.08. The molecule has 0 aliphatic rings. The van der Waals surface area contributed by atoms with E-state index in [9.17, 15) is 23.7 Å². The molecule has 1 rings (SSSR count). The number of non-ortho nitro benzene ring substituents is 1. The Morgan fingerprint density at radius 3 is 2.31 bits per heavy atom. The van der Waals surface area contributed by atoms with E-state index < -0.39 is 40.2 Å². The minimum atomic E-state index is -1.14. The molecule has 0 saturated carbocycles. The molecule has 0 aliphatic heterocycles. The van der Waals surface area contributed by atoms with Gasteiger partial charge in [0.05, 0.1) is 30.6 Å². The van der Waals surface area contributed by atoms with E-state index in [2.05, 4.69) is 4.74 Å². The summed E-state index contributed by atoms with van der Waals surface area (Å²) in [6, 6.07) is 1.11. The van der Waals surface area contributed by atoms with Crippen LogP contribution in [-0.4, -0.2) is 18.0 Å². The molecule has 0 radical (unpaired) electrons. The third-order valence-corrected chi connectivity index (χ3v) is 1.89. The van der Waals surface area contributed by atoms with Crippen LogP contribution >= 0.6 is 0 Å². The molecular weight excluding hydrogens is 224 g/mol. The molecule has 0 N–H and O–H groups in total. The van der Waals surface area contributed by atoms with Gasteiger partial charge < -0.3 is 4.74 Å². The predicted octanol–water partition coefficient (Wildman–Crippen LogP) is 1.59. The summed E-state index contributed by atoms with van der Waals surface area (Å²) in [5, 5.41) is 10.3. The van der Waals surface area contributed by atoms with Gasteiger partial charge in [-0.15, -0.1) is 0 Å². The van der Waals surface area contributed by atoms with Gasteiger partial charge in [0.25, 0.3) is 5.69 Å². The van der Waals surface area contributed by atoms with Crippen LogP contribution in [0.3, 0.4) is 0 Å². The first-order valence-corrected chi connectivity index (χ1v) is 4.15. The van der Waals surface area contributed by atoms with Gasteiger partial charge in [-0.3, -0.25) is 14.9 Å². The summed E-state index contributed by atoms with van der Waals surface area (Å²) in [5.41, 5.74) is -1.25. The number of esters is 1. The number of nitro groups is 1. The molecule has 86 valence electrons. The van der Waals surface area contributed by atoms with Gasteiger partial charge in [0.15, 0.2) is 0 Å². The van der Waals surface area contributed by atoms with E-state index in [1.807, 2.05) is 0 Å². The molecule has 0 spiro atoms. The van der Waals surface area contributed by atoms with E-state index in [0.717, 1.165) is 7.11 Å². The van der Waals surface area contributed by atoms with Crippen molar-refractivity contribution in [1.29, 1.82) is 0 Å². The maximum absolute atomic E-state index is 13.2. The van der Waals surface area contributed by atoms with Crippen LogP contribution in [0.4, 0.5) is 14.5 Å². The minimum Gasteiger partial charge on any atom is -0.469 e. The van der Waals surface area contributed by atoms with Crippen molar-refractivity contribution in [2.45, 2.75) is 6.42 Å². The molecule has 1 aromatic rings. The maximum Gasteiger partial charge on any atom is 0.310 e. The van der Waals surface area contributed by atoms with Crippen LogP contribution < -0.4 is 0 Å². The smallest absolute Gasteiger partial charge is 0.310 e. The first-order valence-electron chi connectivity index (χ1n) is 4.15. The number of benzene rings is 1. The largest absolute Gasteiger partial charge is 0.469 e. The third-order valence-electron chi connectivity index (χ3n) is 1.89. The molecule has 5 nitrogen and oxygen atoms in total. The molecule has 0 atom stereocenters. The van der Waals surface area contributed by atoms with Crippen molar-refractivity contribution in [2.24, 2.45) is 0 Å². The highest BCUT2D eigenvalue weighted by Crippen LogP contribution is 2.21. The quantitative estimate of drug-likeness (QED) is 0.450. The van der Waals surface area contributed by atoms with Crippen LogP contribution in [0.2, 0.25) is 0 Å². The Kier molecular flexibility index (Phi) is 3.49. The predicted molar refractivity (Wildman–Crippen MR) is 48.7 cm³/mol. The van der Waals surface area contributed by atoms with Crippen LogP contribution in [-0.2, 0) is 16.0 Å². The van der Waals surface area contributed by atoms with Gasteiger partial charge in [-0.25, -0.2) is 8.78 Å². The van der Waals surface area contributed by atoms with Gasteiger partial charge in [-0.05, 0) is 0 Å². The zero-order valence-corrected chi connectivity index (χ0v) is 8.20. The van der Waals surface area contributed by atoms with Crippen LogP contribution in [0, 0.1) is 21.7 Å². The van der Waals surface area contributed by atoms with Crippen molar-refractivity contribution in [2.75, 3.05) is 7.11 Å². The highest BCUT2D eigenvalue weighted by Gasteiger charge is 2.19. The number of carbonyl (C=O) groups is 1. The number of rotatable bonds is 3. The second-order valence-corrected chi connectivity index (χ2v) is 2.90. The van der Waals surface area contributed by atoms with E-state index >= 15 is 0 Å². The summed E-state index contributed by atoms with van der Waals surface area (Å²) in [4.78, 5) is 20.2. The molecule has 7 heteroatoms. The van der Waals surface area contributed by atoms with E-state index in [1.165, 1.54) is 0 Å². The topological polar surface area (TPSA) is 69.4 Å². The third kappa shape index (κ3) is 2.50. The number of carbonyl (C=O) groups excluding carboxylic acids is 1.